The molecule has 0 spiro atoms. The fraction of sp³-hybridized carbons (Fsp3) is 0.0909. The first-order valence-corrected chi connectivity index (χ1v) is 9.07. The van der Waals surface area contributed by atoms with Crippen molar-refractivity contribution in [3.63, 3.8) is 0 Å². The van der Waals surface area contributed by atoms with Gasteiger partial charge in [0.2, 0.25) is 0 Å². The highest BCUT2D eigenvalue weighted by molar-refractivity contribution is 6.34. The van der Waals surface area contributed by atoms with Crippen molar-refractivity contribution in [1.29, 1.82) is 0 Å². The Hall–Kier alpha value is -4.00. The predicted molar refractivity (Wildman–Crippen MR) is 107 cm³/mol. The molecule has 1 N–H and O–H groups in total. The van der Waals surface area contributed by atoms with Gasteiger partial charge in [-0.2, -0.15) is 0 Å². The Morgan fingerprint density at radius 3 is 2.52 bits per heavy atom. The maximum Gasteiger partial charge on any atom is 0.267 e. The van der Waals surface area contributed by atoms with E-state index in [2.05, 4.69) is 10.3 Å². The number of ether oxygens (including phenoxy) is 1. The van der Waals surface area contributed by atoms with E-state index in [0.717, 1.165) is 4.90 Å². The van der Waals surface area contributed by atoms with E-state index >= 15 is 0 Å². The molecule has 1 aliphatic rings. The number of hydrogen-bond donors (Lipinski definition) is 1. The zero-order chi connectivity index (χ0) is 20.4. The van der Waals surface area contributed by atoms with Crippen molar-refractivity contribution in [2.75, 3.05) is 16.8 Å². The van der Waals surface area contributed by atoms with Gasteiger partial charge < -0.3 is 10.1 Å². The molecule has 7 heteroatoms. The lowest BCUT2D eigenvalue weighted by Gasteiger charge is -2.11. The highest BCUT2D eigenvalue weighted by Crippen LogP contribution is 2.29. The third-order valence-corrected chi connectivity index (χ3v) is 4.46. The van der Waals surface area contributed by atoms with Gasteiger partial charge in [0, 0.05) is 11.8 Å². The molecule has 144 valence electrons. The minimum absolute atomic E-state index is 0.173. The summed E-state index contributed by atoms with van der Waals surface area (Å²) in [6, 6.07) is 16.5. The Labute approximate surface area is 166 Å². The fourth-order valence-electron chi connectivity index (χ4n) is 3.12. The van der Waals surface area contributed by atoms with Crippen LogP contribution in [0.4, 0.5) is 11.5 Å². The molecule has 1 aliphatic heterocycles. The van der Waals surface area contributed by atoms with Crippen LogP contribution in [-0.2, 0) is 0 Å². The molecule has 0 atom stereocenters. The largest absolute Gasteiger partial charge is 0.492 e. The van der Waals surface area contributed by atoms with Crippen LogP contribution in [0.2, 0.25) is 0 Å². The topological polar surface area (TPSA) is 88.6 Å². The van der Waals surface area contributed by atoms with E-state index in [-0.39, 0.29) is 22.5 Å². The van der Waals surface area contributed by atoms with Gasteiger partial charge in [0.1, 0.15) is 11.6 Å². The van der Waals surface area contributed by atoms with E-state index in [1.807, 2.05) is 13.0 Å². The van der Waals surface area contributed by atoms with E-state index in [1.165, 1.54) is 24.4 Å². The normalized spacial score (nSPS) is 12.7. The standard InChI is InChI=1S/C22H17N3O4/c1-2-29-18-8-4-3-7-17(18)24-20(26)14-10-11-15-16(13-14)22(28)25(21(15)27)19-9-5-6-12-23-19/h3-13H,2H2,1H3,(H,24,26). The minimum atomic E-state index is -0.506. The molecule has 1 aromatic heterocycles. The Bertz CT molecular complexity index is 1110. The first kappa shape index (κ1) is 18.4. The van der Waals surface area contributed by atoms with Crippen molar-refractivity contribution in [3.05, 3.63) is 83.6 Å². The summed E-state index contributed by atoms with van der Waals surface area (Å²) in [5, 5.41) is 2.79. The summed E-state index contributed by atoms with van der Waals surface area (Å²) >= 11 is 0. The first-order valence-electron chi connectivity index (χ1n) is 9.07. The van der Waals surface area contributed by atoms with Crippen molar-refractivity contribution in [2.45, 2.75) is 6.92 Å². The summed E-state index contributed by atoms with van der Waals surface area (Å²) in [7, 11) is 0. The number of benzene rings is 2. The molecule has 29 heavy (non-hydrogen) atoms. The summed E-state index contributed by atoms with van der Waals surface area (Å²) in [6.45, 7) is 2.32. The third-order valence-electron chi connectivity index (χ3n) is 4.46. The second kappa shape index (κ2) is 7.55. The zero-order valence-corrected chi connectivity index (χ0v) is 15.6. The summed E-state index contributed by atoms with van der Waals surface area (Å²) < 4.78 is 5.51. The van der Waals surface area contributed by atoms with Crippen LogP contribution in [0.5, 0.6) is 5.75 Å². The van der Waals surface area contributed by atoms with Gasteiger partial charge in [-0.25, -0.2) is 9.88 Å². The number of anilines is 2. The van der Waals surface area contributed by atoms with Gasteiger partial charge in [-0.3, -0.25) is 14.4 Å². The Morgan fingerprint density at radius 1 is 1.00 bits per heavy atom. The van der Waals surface area contributed by atoms with Crippen LogP contribution in [0.3, 0.4) is 0 Å². The van der Waals surface area contributed by atoms with E-state index in [1.54, 1.807) is 36.4 Å². The molecule has 2 aromatic carbocycles. The number of imide groups is 1. The second-order valence-corrected chi connectivity index (χ2v) is 6.28. The van der Waals surface area contributed by atoms with Gasteiger partial charge >= 0.3 is 0 Å². The molecule has 0 unspecified atom stereocenters. The van der Waals surface area contributed by atoms with Gasteiger partial charge in [0.25, 0.3) is 17.7 Å². The Morgan fingerprint density at radius 2 is 1.76 bits per heavy atom. The maximum atomic E-state index is 12.8. The summed E-state index contributed by atoms with van der Waals surface area (Å²) in [6.07, 6.45) is 1.51. The number of para-hydroxylation sites is 2. The molecular formula is C22H17N3O4. The molecule has 4 rings (SSSR count). The van der Waals surface area contributed by atoms with Crippen molar-refractivity contribution < 1.29 is 19.1 Å². The fourth-order valence-corrected chi connectivity index (χ4v) is 3.12. The number of nitrogens with one attached hydrogen (secondary N) is 1. The molecule has 0 radical (unpaired) electrons. The second-order valence-electron chi connectivity index (χ2n) is 6.28. The van der Waals surface area contributed by atoms with Gasteiger partial charge in [-0.15, -0.1) is 0 Å². The number of hydrogen-bond acceptors (Lipinski definition) is 5. The lowest BCUT2D eigenvalue weighted by atomic mass is 10.1. The number of nitrogens with zero attached hydrogens (tertiary/aromatic N) is 2. The lowest BCUT2D eigenvalue weighted by Crippen LogP contribution is -2.30. The minimum Gasteiger partial charge on any atom is -0.492 e. The van der Waals surface area contributed by atoms with Crippen molar-refractivity contribution in [3.8, 4) is 5.75 Å². The van der Waals surface area contributed by atoms with Gasteiger partial charge in [-0.05, 0) is 49.4 Å². The SMILES string of the molecule is CCOc1ccccc1NC(=O)c1ccc2c(c1)C(=O)N(c1ccccn1)C2=O. The van der Waals surface area contributed by atoms with Crippen LogP contribution in [-0.4, -0.2) is 29.3 Å². The quantitative estimate of drug-likeness (QED) is 0.677. The predicted octanol–water partition coefficient (Wildman–Crippen LogP) is 3.53. The van der Waals surface area contributed by atoms with E-state index < -0.39 is 17.7 Å². The molecule has 3 aromatic rings. The smallest absolute Gasteiger partial charge is 0.267 e. The van der Waals surface area contributed by atoms with Crippen molar-refractivity contribution in [1.82, 2.24) is 4.98 Å². The molecule has 0 bridgehead atoms. The van der Waals surface area contributed by atoms with Crippen LogP contribution >= 0.6 is 0 Å². The molecule has 3 amide bonds. The number of rotatable bonds is 5. The molecule has 2 heterocycles. The number of amides is 3. The van der Waals surface area contributed by atoms with Crippen LogP contribution in [0.25, 0.3) is 0 Å². The summed E-state index contributed by atoms with van der Waals surface area (Å²) in [4.78, 5) is 43.2. The number of carbonyl (C=O) groups excluding carboxylic acids is 3. The Kier molecular flexibility index (Phi) is 4.78. The van der Waals surface area contributed by atoms with Crippen LogP contribution in [0.1, 0.15) is 38.0 Å². The van der Waals surface area contributed by atoms with Gasteiger partial charge in [0.05, 0.1) is 23.4 Å². The number of carbonyl (C=O) groups is 3. The molecule has 0 saturated carbocycles. The third kappa shape index (κ3) is 3.34. The first-order chi connectivity index (χ1) is 14.1. The lowest BCUT2D eigenvalue weighted by molar-refractivity contribution is 0.0924. The average Bonchev–Trinajstić information content (AvgIpc) is 3.00. The summed E-state index contributed by atoms with van der Waals surface area (Å²) in [5.41, 5.74) is 1.20. The van der Waals surface area contributed by atoms with E-state index in [9.17, 15) is 14.4 Å². The zero-order valence-electron chi connectivity index (χ0n) is 15.6. The van der Waals surface area contributed by atoms with Gasteiger partial charge in [-0.1, -0.05) is 18.2 Å². The van der Waals surface area contributed by atoms with Crippen LogP contribution < -0.4 is 15.0 Å². The Balaban J connectivity index is 1.62. The van der Waals surface area contributed by atoms with Crippen LogP contribution in [0.15, 0.2) is 66.9 Å². The maximum absolute atomic E-state index is 12.8. The monoisotopic (exact) mass is 387 g/mol. The summed E-state index contributed by atoms with van der Waals surface area (Å²) in [5.74, 6) is -0.575. The number of fused-ring (bicyclic) bond motifs is 1. The molecular weight excluding hydrogens is 370 g/mol. The highest BCUT2D eigenvalue weighted by Gasteiger charge is 2.37. The van der Waals surface area contributed by atoms with Crippen LogP contribution in [0, 0.1) is 0 Å². The van der Waals surface area contributed by atoms with Gasteiger partial charge in [0.15, 0.2) is 0 Å². The highest BCUT2D eigenvalue weighted by atomic mass is 16.5. The van der Waals surface area contributed by atoms with Crippen molar-refractivity contribution >= 4 is 29.2 Å². The average molecular weight is 387 g/mol. The number of pyridine rings is 1. The number of aromatic nitrogens is 1. The molecule has 7 nitrogen and oxygen atoms in total. The van der Waals surface area contributed by atoms with E-state index in [4.69, 9.17) is 4.74 Å². The molecule has 0 aliphatic carbocycles. The molecule has 0 fully saturated rings. The van der Waals surface area contributed by atoms with E-state index in [0.29, 0.717) is 18.0 Å². The molecule has 0 saturated heterocycles. The van der Waals surface area contributed by atoms with Crippen molar-refractivity contribution in [2.24, 2.45) is 0 Å².